The molecule has 3 rings (SSSR count). The fourth-order valence-electron chi connectivity index (χ4n) is 2.74. The first-order valence-electron chi connectivity index (χ1n) is 8.80. The van der Waals surface area contributed by atoms with E-state index in [4.69, 9.17) is 4.74 Å². The van der Waals surface area contributed by atoms with Gasteiger partial charge in [0.05, 0.1) is 12.8 Å². The molecule has 0 saturated carbocycles. The van der Waals surface area contributed by atoms with Crippen LogP contribution in [0.1, 0.15) is 11.1 Å². The average Bonchev–Trinajstić information content (AvgIpc) is 3.26. The third-order valence-corrected chi connectivity index (χ3v) is 4.18. The van der Waals surface area contributed by atoms with Crippen LogP contribution < -0.4 is 15.4 Å². The normalized spacial score (nSPS) is 10.9. The molecule has 1 aromatic heterocycles. The summed E-state index contributed by atoms with van der Waals surface area (Å²) in [6, 6.07) is 16.2. The quantitative estimate of drug-likeness (QED) is 0.302. The summed E-state index contributed by atoms with van der Waals surface area (Å²) in [4.78, 5) is 8.24. The van der Waals surface area contributed by atoms with Crippen molar-refractivity contribution in [2.24, 2.45) is 4.99 Å². The van der Waals surface area contributed by atoms with Gasteiger partial charge >= 0.3 is 0 Å². The topological polar surface area (TPSA) is 76.4 Å². The Balaban J connectivity index is 0.00000280. The van der Waals surface area contributed by atoms with Gasteiger partial charge in [-0.2, -0.15) is 5.10 Å². The summed E-state index contributed by atoms with van der Waals surface area (Å²) in [6.45, 7) is 1.46. The summed E-state index contributed by atoms with van der Waals surface area (Å²) < 4.78 is 7.12. The number of hydrogen-bond acceptors (Lipinski definition) is 4. The maximum atomic E-state index is 5.39. The highest BCUT2D eigenvalue weighted by molar-refractivity contribution is 14.0. The molecule has 1 heterocycles. The predicted molar refractivity (Wildman–Crippen MR) is 122 cm³/mol. The first kappa shape index (κ1) is 21.7. The van der Waals surface area contributed by atoms with Gasteiger partial charge < -0.3 is 15.4 Å². The van der Waals surface area contributed by atoms with E-state index < -0.39 is 0 Å². The molecule has 148 valence electrons. The van der Waals surface area contributed by atoms with E-state index in [0.717, 1.165) is 35.9 Å². The zero-order valence-corrected chi connectivity index (χ0v) is 18.3. The second-order valence-corrected chi connectivity index (χ2v) is 5.92. The number of guanidine groups is 1. The molecule has 0 bridgehead atoms. The second-order valence-electron chi connectivity index (χ2n) is 5.92. The van der Waals surface area contributed by atoms with Gasteiger partial charge in [-0.25, -0.2) is 9.67 Å². The molecule has 0 aliphatic heterocycles. The molecule has 0 unspecified atom stereocenters. The number of para-hydroxylation sites is 1. The van der Waals surface area contributed by atoms with Crippen molar-refractivity contribution in [1.29, 1.82) is 0 Å². The minimum atomic E-state index is 0. The molecule has 0 fully saturated rings. The summed E-state index contributed by atoms with van der Waals surface area (Å²) in [5, 5.41) is 10.8. The number of aromatic nitrogens is 3. The number of benzene rings is 2. The number of hydrogen-bond donors (Lipinski definition) is 2. The smallest absolute Gasteiger partial charge is 0.191 e. The number of ether oxygens (including phenoxy) is 1. The van der Waals surface area contributed by atoms with Crippen molar-refractivity contribution in [3.8, 4) is 11.4 Å². The molecule has 0 saturated heterocycles. The van der Waals surface area contributed by atoms with Crippen LogP contribution in [0, 0.1) is 0 Å². The third-order valence-electron chi connectivity index (χ3n) is 4.18. The number of nitrogens with zero attached hydrogens (tertiary/aromatic N) is 4. The highest BCUT2D eigenvalue weighted by Gasteiger charge is 2.03. The SMILES string of the molecule is CN=C(NCCc1ccccc1OC)NCc1ccc(-n2cncn2)cc1.I. The Bertz CT molecular complexity index is 865. The van der Waals surface area contributed by atoms with Gasteiger partial charge in [0.1, 0.15) is 18.4 Å². The van der Waals surface area contributed by atoms with Gasteiger partial charge in [0.15, 0.2) is 5.96 Å². The van der Waals surface area contributed by atoms with E-state index in [-0.39, 0.29) is 24.0 Å². The van der Waals surface area contributed by atoms with E-state index in [1.54, 1.807) is 25.2 Å². The van der Waals surface area contributed by atoms with Crippen LogP contribution in [0.5, 0.6) is 5.75 Å². The number of nitrogens with one attached hydrogen (secondary N) is 2. The van der Waals surface area contributed by atoms with Crippen molar-refractivity contribution >= 4 is 29.9 Å². The monoisotopic (exact) mass is 492 g/mol. The Labute approximate surface area is 182 Å². The van der Waals surface area contributed by atoms with Gasteiger partial charge in [-0.05, 0) is 35.7 Å². The van der Waals surface area contributed by atoms with Crippen molar-refractivity contribution in [3.05, 3.63) is 72.3 Å². The van der Waals surface area contributed by atoms with Crippen LogP contribution in [0.25, 0.3) is 5.69 Å². The summed E-state index contributed by atoms with van der Waals surface area (Å²) in [7, 11) is 3.47. The fraction of sp³-hybridized carbons (Fsp3) is 0.250. The molecular formula is C20H25IN6O. The van der Waals surface area contributed by atoms with Crippen LogP contribution in [-0.4, -0.2) is 41.4 Å². The van der Waals surface area contributed by atoms with E-state index in [1.807, 2.05) is 30.3 Å². The molecule has 0 atom stereocenters. The van der Waals surface area contributed by atoms with E-state index in [9.17, 15) is 0 Å². The molecule has 0 aliphatic rings. The van der Waals surface area contributed by atoms with Crippen molar-refractivity contribution < 1.29 is 4.74 Å². The molecule has 0 radical (unpaired) electrons. The largest absolute Gasteiger partial charge is 0.496 e. The molecule has 0 amide bonds. The van der Waals surface area contributed by atoms with Gasteiger partial charge in [0, 0.05) is 20.1 Å². The molecule has 2 aromatic carbocycles. The Kier molecular flexibility index (Phi) is 8.73. The third kappa shape index (κ3) is 5.95. The standard InChI is InChI=1S/C20H24N6O.HI/c1-21-20(23-12-11-17-5-3-4-6-19(17)27-2)24-13-16-7-9-18(10-8-16)26-15-22-14-25-26;/h3-10,14-15H,11-13H2,1-2H3,(H2,21,23,24);1H. The van der Waals surface area contributed by atoms with Crippen LogP contribution in [0.15, 0.2) is 66.2 Å². The van der Waals surface area contributed by atoms with Gasteiger partial charge in [0.25, 0.3) is 0 Å². The maximum absolute atomic E-state index is 5.39. The van der Waals surface area contributed by atoms with Crippen LogP contribution in [0.3, 0.4) is 0 Å². The lowest BCUT2D eigenvalue weighted by Crippen LogP contribution is -2.37. The molecule has 2 N–H and O–H groups in total. The Morgan fingerprint density at radius 3 is 2.57 bits per heavy atom. The van der Waals surface area contributed by atoms with Crippen molar-refractivity contribution in [3.63, 3.8) is 0 Å². The molecule has 8 heteroatoms. The first-order valence-corrected chi connectivity index (χ1v) is 8.80. The van der Waals surface area contributed by atoms with Gasteiger partial charge in [0.2, 0.25) is 0 Å². The van der Waals surface area contributed by atoms with Gasteiger partial charge in [-0.3, -0.25) is 4.99 Å². The van der Waals surface area contributed by atoms with Crippen LogP contribution in [-0.2, 0) is 13.0 Å². The number of halogens is 1. The average molecular weight is 492 g/mol. The fourth-order valence-corrected chi connectivity index (χ4v) is 2.74. The summed E-state index contributed by atoms with van der Waals surface area (Å²) in [6.07, 6.45) is 4.06. The molecule has 28 heavy (non-hydrogen) atoms. The van der Waals surface area contributed by atoms with Gasteiger partial charge in [-0.15, -0.1) is 24.0 Å². The highest BCUT2D eigenvalue weighted by Crippen LogP contribution is 2.17. The van der Waals surface area contributed by atoms with E-state index in [2.05, 4.69) is 43.9 Å². The number of rotatable bonds is 7. The molecule has 3 aromatic rings. The van der Waals surface area contributed by atoms with Crippen molar-refractivity contribution in [1.82, 2.24) is 25.4 Å². The Morgan fingerprint density at radius 1 is 1.11 bits per heavy atom. The molecule has 7 nitrogen and oxygen atoms in total. The van der Waals surface area contributed by atoms with Crippen LogP contribution in [0.2, 0.25) is 0 Å². The first-order chi connectivity index (χ1) is 13.3. The lowest BCUT2D eigenvalue weighted by Gasteiger charge is -2.13. The lowest BCUT2D eigenvalue weighted by atomic mass is 10.1. The zero-order valence-electron chi connectivity index (χ0n) is 16.0. The maximum Gasteiger partial charge on any atom is 0.191 e. The number of aliphatic imine (C=N–C) groups is 1. The molecular weight excluding hydrogens is 467 g/mol. The Morgan fingerprint density at radius 2 is 1.89 bits per heavy atom. The zero-order chi connectivity index (χ0) is 18.9. The van der Waals surface area contributed by atoms with Crippen LogP contribution >= 0.6 is 24.0 Å². The number of methoxy groups -OCH3 is 1. The predicted octanol–water partition coefficient (Wildman–Crippen LogP) is 2.80. The van der Waals surface area contributed by atoms with Crippen LogP contribution in [0.4, 0.5) is 0 Å². The van der Waals surface area contributed by atoms with Crippen molar-refractivity contribution in [2.75, 3.05) is 20.7 Å². The second kappa shape index (κ2) is 11.3. The van der Waals surface area contributed by atoms with E-state index >= 15 is 0 Å². The minimum Gasteiger partial charge on any atom is -0.496 e. The molecule has 0 aliphatic carbocycles. The van der Waals surface area contributed by atoms with E-state index in [0.29, 0.717) is 6.54 Å². The molecule has 0 spiro atoms. The summed E-state index contributed by atoms with van der Waals surface area (Å²) in [5.74, 6) is 1.68. The van der Waals surface area contributed by atoms with E-state index in [1.165, 1.54) is 11.9 Å². The lowest BCUT2D eigenvalue weighted by molar-refractivity contribution is 0.409. The summed E-state index contributed by atoms with van der Waals surface area (Å²) in [5.41, 5.74) is 3.31. The highest BCUT2D eigenvalue weighted by atomic mass is 127. The van der Waals surface area contributed by atoms with Gasteiger partial charge in [-0.1, -0.05) is 30.3 Å². The summed E-state index contributed by atoms with van der Waals surface area (Å²) >= 11 is 0. The van der Waals surface area contributed by atoms with Crippen molar-refractivity contribution in [2.45, 2.75) is 13.0 Å². The minimum absolute atomic E-state index is 0. The Hall–Kier alpha value is -2.62.